The summed E-state index contributed by atoms with van der Waals surface area (Å²) in [5.41, 5.74) is 0.958. The van der Waals surface area contributed by atoms with Crippen molar-refractivity contribution >= 4 is 16.9 Å². The van der Waals surface area contributed by atoms with E-state index in [2.05, 4.69) is 4.98 Å². The van der Waals surface area contributed by atoms with Crippen LogP contribution in [0.2, 0.25) is 0 Å². The molecule has 1 N–H and O–H groups in total. The fraction of sp³-hybridized carbons (Fsp3) is 0.231. The first-order chi connectivity index (χ1) is 8.49. The van der Waals surface area contributed by atoms with Crippen LogP contribution in [0, 0.1) is 18.6 Å². The van der Waals surface area contributed by atoms with Gasteiger partial charge in [0.05, 0.1) is 6.42 Å². The van der Waals surface area contributed by atoms with Crippen LogP contribution in [0.5, 0.6) is 0 Å². The summed E-state index contributed by atoms with van der Waals surface area (Å²) in [5, 5.41) is 8.74. The van der Waals surface area contributed by atoms with Gasteiger partial charge in [0.1, 0.15) is 17.2 Å². The Bertz CT molecular complexity index is 626. The largest absolute Gasteiger partial charge is 0.481 e. The van der Waals surface area contributed by atoms with Crippen LogP contribution >= 0.6 is 0 Å². The first kappa shape index (κ1) is 12.4. The zero-order chi connectivity index (χ0) is 13.3. The topological polar surface area (TPSA) is 50.2 Å². The number of carboxylic acids is 1. The maximum atomic E-state index is 13.6. The molecular weight excluding hydrogens is 240 g/mol. The van der Waals surface area contributed by atoms with E-state index in [0.29, 0.717) is 11.3 Å². The van der Waals surface area contributed by atoms with Gasteiger partial charge in [-0.15, -0.1) is 0 Å². The molecule has 1 aromatic heterocycles. The van der Waals surface area contributed by atoms with E-state index in [-0.39, 0.29) is 23.7 Å². The summed E-state index contributed by atoms with van der Waals surface area (Å²) in [7, 11) is 0. The Balaban J connectivity index is 2.54. The van der Waals surface area contributed by atoms with E-state index in [0.717, 1.165) is 12.1 Å². The number of aromatic nitrogens is 1. The van der Waals surface area contributed by atoms with Crippen molar-refractivity contribution in [1.82, 2.24) is 4.98 Å². The Morgan fingerprint density at radius 2 is 2.00 bits per heavy atom. The predicted octanol–water partition coefficient (Wildman–Crippen LogP) is 2.84. The zero-order valence-electron chi connectivity index (χ0n) is 9.70. The van der Waals surface area contributed by atoms with E-state index in [4.69, 9.17) is 5.11 Å². The minimum Gasteiger partial charge on any atom is -0.481 e. The highest BCUT2D eigenvalue weighted by Gasteiger charge is 2.12. The second-order valence-corrected chi connectivity index (χ2v) is 4.08. The van der Waals surface area contributed by atoms with E-state index in [9.17, 15) is 13.6 Å². The van der Waals surface area contributed by atoms with Crippen LogP contribution in [-0.2, 0) is 11.2 Å². The third-order valence-corrected chi connectivity index (χ3v) is 2.71. The Labute approximate surface area is 102 Å². The summed E-state index contributed by atoms with van der Waals surface area (Å²) in [6.07, 6.45) is 0.108. The molecular formula is C13H11F2NO2. The van der Waals surface area contributed by atoms with Crippen molar-refractivity contribution < 1.29 is 18.7 Å². The molecule has 94 valence electrons. The van der Waals surface area contributed by atoms with Crippen molar-refractivity contribution in [2.75, 3.05) is 0 Å². The first-order valence-corrected chi connectivity index (χ1v) is 5.45. The first-order valence-electron chi connectivity index (χ1n) is 5.45. The fourth-order valence-corrected chi connectivity index (χ4v) is 1.89. The van der Waals surface area contributed by atoms with Gasteiger partial charge in [-0.25, -0.2) is 13.8 Å². The number of hydrogen-bond donors (Lipinski definition) is 1. The molecule has 0 saturated heterocycles. The van der Waals surface area contributed by atoms with Gasteiger partial charge in [0.25, 0.3) is 0 Å². The minimum absolute atomic E-state index is 0.0459. The highest BCUT2D eigenvalue weighted by molar-refractivity contribution is 5.83. The van der Waals surface area contributed by atoms with Gasteiger partial charge in [0.2, 0.25) is 0 Å². The lowest BCUT2D eigenvalue weighted by atomic mass is 10.1. The van der Waals surface area contributed by atoms with Crippen molar-refractivity contribution in [2.24, 2.45) is 0 Å². The SMILES string of the molecule is Cc1cc(CCC(=O)O)nc2c(F)ccc(F)c12. The van der Waals surface area contributed by atoms with Crippen molar-refractivity contribution in [3.63, 3.8) is 0 Å². The number of halogens is 2. The van der Waals surface area contributed by atoms with Crippen molar-refractivity contribution in [3.8, 4) is 0 Å². The van der Waals surface area contributed by atoms with Crippen molar-refractivity contribution in [1.29, 1.82) is 0 Å². The van der Waals surface area contributed by atoms with Crippen molar-refractivity contribution in [3.05, 3.63) is 41.1 Å². The van der Waals surface area contributed by atoms with Gasteiger partial charge in [-0.1, -0.05) is 0 Å². The number of rotatable bonds is 3. The Morgan fingerprint density at radius 3 is 2.67 bits per heavy atom. The van der Waals surface area contributed by atoms with Crippen LogP contribution in [0.3, 0.4) is 0 Å². The molecule has 2 aromatic rings. The lowest BCUT2D eigenvalue weighted by Gasteiger charge is -2.07. The quantitative estimate of drug-likeness (QED) is 0.912. The number of fused-ring (bicyclic) bond motifs is 1. The molecule has 2 rings (SSSR count). The smallest absolute Gasteiger partial charge is 0.303 e. The Morgan fingerprint density at radius 1 is 1.33 bits per heavy atom. The zero-order valence-corrected chi connectivity index (χ0v) is 9.70. The molecule has 0 saturated carbocycles. The number of aliphatic carboxylic acids is 1. The molecule has 0 aliphatic heterocycles. The number of carbonyl (C=O) groups is 1. The molecule has 18 heavy (non-hydrogen) atoms. The maximum absolute atomic E-state index is 13.6. The average molecular weight is 251 g/mol. The van der Waals surface area contributed by atoms with Gasteiger partial charge in [-0.3, -0.25) is 4.79 Å². The molecule has 3 nitrogen and oxygen atoms in total. The summed E-state index contributed by atoms with van der Waals surface area (Å²) < 4.78 is 27.2. The Hall–Kier alpha value is -2.04. The molecule has 0 fully saturated rings. The predicted molar refractivity (Wildman–Crippen MR) is 62.4 cm³/mol. The van der Waals surface area contributed by atoms with E-state index >= 15 is 0 Å². The van der Waals surface area contributed by atoms with Crippen LogP contribution in [0.4, 0.5) is 8.78 Å². The molecule has 0 atom stereocenters. The molecule has 0 bridgehead atoms. The summed E-state index contributed by atoms with van der Waals surface area (Å²) in [6.45, 7) is 1.65. The number of carboxylic acid groups (broad SMARTS) is 1. The standard InChI is InChI=1S/C13H11F2NO2/c1-7-6-8(2-5-11(17)18)16-13-10(15)4-3-9(14)12(7)13/h3-4,6H,2,5H2,1H3,(H,17,18). The van der Waals surface area contributed by atoms with E-state index < -0.39 is 17.6 Å². The molecule has 0 aliphatic carbocycles. The minimum atomic E-state index is -0.950. The molecule has 0 amide bonds. The number of nitrogens with zero attached hydrogens (tertiary/aromatic N) is 1. The van der Waals surface area contributed by atoms with Gasteiger partial charge >= 0.3 is 5.97 Å². The third-order valence-electron chi connectivity index (χ3n) is 2.71. The van der Waals surface area contributed by atoms with Gasteiger partial charge in [-0.05, 0) is 30.7 Å². The monoisotopic (exact) mass is 251 g/mol. The molecule has 1 heterocycles. The summed E-state index contributed by atoms with van der Waals surface area (Å²) in [6, 6.07) is 3.67. The second kappa shape index (κ2) is 4.68. The Kier molecular flexibility index (Phi) is 3.23. The molecule has 0 spiro atoms. The highest BCUT2D eigenvalue weighted by Crippen LogP contribution is 2.23. The van der Waals surface area contributed by atoms with Gasteiger partial charge < -0.3 is 5.11 Å². The average Bonchev–Trinajstić information content (AvgIpc) is 2.31. The highest BCUT2D eigenvalue weighted by atomic mass is 19.1. The van der Waals surface area contributed by atoms with Gasteiger partial charge in [0, 0.05) is 17.5 Å². The molecule has 0 aliphatic rings. The number of hydrogen-bond acceptors (Lipinski definition) is 2. The normalized spacial score (nSPS) is 10.8. The van der Waals surface area contributed by atoms with Crippen LogP contribution < -0.4 is 0 Å². The maximum Gasteiger partial charge on any atom is 0.303 e. The van der Waals surface area contributed by atoms with Crippen LogP contribution in [-0.4, -0.2) is 16.1 Å². The molecule has 5 heteroatoms. The van der Waals surface area contributed by atoms with E-state index in [1.807, 2.05) is 0 Å². The number of aryl methyl sites for hydroxylation is 2. The van der Waals surface area contributed by atoms with Gasteiger partial charge in [0.15, 0.2) is 0 Å². The molecule has 0 unspecified atom stereocenters. The van der Waals surface area contributed by atoms with E-state index in [1.54, 1.807) is 13.0 Å². The molecule has 0 radical (unpaired) electrons. The summed E-state index contributed by atoms with van der Waals surface area (Å²) in [5.74, 6) is -2.08. The van der Waals surface area contributed by atoms with Crippen LogP contribution in [0.15, 0.2) is 18.2 Å². The van der Waals surface area contributed by atoms with E-state index in [1.165, 1.54) is 0 Å². The lowest BCUT2D eigenvalue weighted by Crippen LogP contribution is -2.01. The second-order valence-electron chi connectivity index (χ2n) is 4.08. The number of benzene rings is 1. The molecule has 1 aromatic carbocycles. The van der Waals surface area contributed by atoms with Gasteiger partial charge in [-0.2, -0.15) is 0 Å². The van der Waals surface area contributed by atoms with Crippen LogP contribution in [0.1, 0.15) is 17.7 Å². The fourth-order valence-electron chi connectivity index (χ4n) is 1.89. The third kappa shape index (κ3) is 2.30. The van der Waals surface area contributed by atoms with Crippen LogP contribution in [0.25, 0.3) is 10.9 Å². The number of pyridine rings is 1. The summed E-state index contributed by atoms with van der Waals surface area (Å²) in [4.78, 5) is 14.5. The summed E-state index contributed by atoms with van der Waals surface area (Å²) >= 11 is 0. The van der Waals surface area contributed by atoms with Crippen molar-refractivity contribution in [2.45, 2.75) is 19.8 Å². The lowest BCUT2D eigenvalue weighted by molar-refractivity contribution is -0.136.